The minimum Gasteiger partial charge on any atom is -0.330 e. The van der Waals surface area contributed by atoms with E-state index in [0.717, 1.165) is 25.1 Å². The molecule has 4 rings (SSSR count). The summed E-state index contributed by atoms with van der Waals surface area (Å²) in [5, 5.41) is 15.8. The molecule has 2 N–H and O–H groups in total. The molecule has 0 spiro atoms. The van der Waals surface area contributed by atoms with E-state index in [2.05, 4.69) is 10.5 Å². The van der Waals surface area contributed by atoms with Crippen LogP contribution in [0.15, 0.2) is 23.3 Å². The summed E-state index contributed by atoms with van der Waals surface area (Å²) in [6.45, 7) is 3.36. The molecule has 1 aromatic carbocycles. The number of piperidine rings is 3. The summed E-state index contributed by atoms with van der Waals surface area (Å²) < 4.78 is 0. The zero-order valence-corrected chi connectivity index (χ0v) is 11.7. The first-order valence-corrected chi connectivity index (χ1v) is 7.11. The summed E-state index contributed by atoms with van der Waals surface area (Å²) >= 11 is 5.89. The van der Waals surface area contributed by atoms with Crippen LogP contribution >= 0.6 is 11.6 Å². The van der Waals surface area contributed by atoms with Crippen LogP contribution in [0.4, 0.5) is 11.4 Å². The Labute approximate surface area is 121 Å². The van der Waals surface area contributed by atoms with Crippen molar-refractivity contribution in [2.24, 2.45) is 11.0 Å². The molecular formula is C13H16ClN4O2+. The van der Waals surface area contributed by atoms with E-state index in [1.807, 2.05) is 0 Å². The van der Waals surface area contributed by atoms with Gasteiger partial charge in [-0.2, -0.15) is 5.10 Å². The van der Waals surface area contributed by atoms with Gasteiger partial charge in [-0.3, -0.25) is 15.5 Å². The Kier molecular flexibility index (Phi) is 3.58. The maximum Gasteiger partial charge on any atom is 0.294 e. The Bertz CT molecular complexity index is 567. The fourth-order valence-electron chi connectivity index (χ4n) is 2.96. The molecule has 0 saturated carbocycles. The quantitative estimate of drug-likeness (QED) is 0.653. The van der Waals surface area contributed by atoms with Crippen molar-refractivity contribution in [1.82, 2.24) is 0 Å². The van der Waals surface area contributed by atoms with E-state index in [-0.39, 0.29) is 5.69 Å². The molecule has 0 aromatic heterocycles. The molecule has 0 radical (unpaired) electrons. The highest BCUT2D eigenvalue weighted by molar-refractivity contribution is 6.31. The Hall–Kier alpha value is -1.66. The second-order valence-electron chi connectivity index (χ2n) is 5.33. The standard InChI is InChI=1S/C13H15ClN4O2/c14-10-1-2-13(18(19)20)11(7-10)15-16-12-8-17-5-3-9(12)4-6-17/h1-2,7,9,15H,3-6,8H2/p+1/b16-12+. The lowest BCUT2D eigenvalue weighted by Crippen LogP contribution is -3.16. The van der Waals surface area contributed by atoms with Gasteiger partial charge in [-0.15, -0.1) is 0 Å². The Balaban J connectivity index is 1.81. The van der Waals surface area contributed by atoms with Crippen molar-refractivity contribution in [3.8, 4) is 0 Å². The van der Waals surface area contributed by atoms with Crippen LogP contribution in [0.1, 0.15) is 12.8 Å². The molecule has 0 atom stereocenters. The number of rotatable bonds is 3. The van der Waals surface area contributed by atoms with Gasteiger partial charge in [0.05, 0.1) is 23.7 Å². The van der Waals surface area contributed by atoms with Crippen molar-refractivity contribution in [1.29, 1.82) is 0 Å². The van der Waals surface area contributed by atoms with Crippen molar-refractivity contribution in [3.63, 3.8) is 0 Å². The largest absolute Gasteiger partial charge is 0.330 e. The first-order valence-electron chi connectivity index (χ1n) is 6.73. The second kappa shape index (κ2) is 5.38. The topological polar surface area (TPSA) is 72.0 Å². The molecule has 2 bridgehead atoms. The van der Waals surface area contributed by atoms with Crippen LogP contribution in [0.25, 0.3) is 0 Å². The lowest BCUT2D eigenvalue weighted by Gasteiger charge is -2.36. The maximum atomic E-state index is 11.0. The third kappa shape index (κ3) is 2.62. The molecular weight excluding hydrogens is 280 g/mol. The highest BCUT2D eigenvalue weighted by Gasteiger charge is 2.34. The number of anilines is 1. The number of hydrogen-bond acceptors (Lipinski definition) is 4. The molecule has 0 aliphatic carbocycles. The van der Waals surface area contributed by atoms with E-state index in [9.17, 15) is 10.1 Å². The van der Waals surface area contributed by atoms with Crippen LogP contribution in [0, 0.1) is 16.0 Å². The number of nitrogens with one attached hydrogen (secondary N) is 2. The summed E-state index contributed by atoms with van der Waals surface area (Å²) in [6, 6.07) is 4.45. The van der Waals surface area contributed by atoms with Crippen LogP contribution in [-0.4, -0.2) is 30.3 Å². The van der Waals surface area contributed by atoms with Crippen molar-refractivity contribution in [2.45, 2.75) is 12.8 Å². The van der Waals surface area contributed by atoms with Crippen LogP contribution in [0.2, 0.25) is 5.02 Å². The van der Waals surface area contributed by atoms with Gasteiger partial charge in [0, 0.05) is 29.8 Å². The number of quaternary nitrogens is 1. The van der Waals surface area contributed by atoms with E-state index < -0.39 is 4.92 Å². The Morgan fingerprint density at radius 1 is 1.40 bits per heavy atom. The Morgan fingerprint density at radius 2 is 2.15 bits per heavy atom. The van der Waals surface area contributed by atoms with Gasteiger partial charge in [-0.1, -0.05) is 11.6 Å². The van der Waals surface area contributed by atoms with Gasteiger partial charge < -0.3 is 4.90 Å². The summed E-state index contributed by atoms with van der Waals surface area (Å²) in [7, 11) is 0. The average Bonchev–Trinajstić information content (AvgIpc) is 2.46. The van der Waals surface area contributed by atoms with Gasteiger partial charge in [-0.25, -0.2) is 0 Å². The average molecular weight is 296 g/mol. The van der Waals surface area contributed by atoms with E-state index >= 15 is 0 Å². The minimum atomic E-state index is -0.430. The molecule has 3 heterocycles. The molecule has 0 amide bonds. The predicted molar refractivity (Wildman–Crippen MR) is 77.5 cm³/mol. The fraction of sp³-hybridized carbons (Fsp3) is 0.462. The molecule has 20 heavy (non-hydrogen) atoms. The lowest BCUT2D eigenvalue weighted by molar-refractivity contribution is -0.902. The maximum absolute atomic E-state index is 11.0. The number of hydrogen-bond donors (Lipinski definition) is 2. The van der Waals surface area contributed by atoms with Crippen LogP contribution < -0.4 is 10.3 Å². The first-order chi connectivity index (χ1) is 9.63. The molecule has 3 saturated heterocycles. The Morgan fingerprint density at radius 3 is 2.75 bits per heavy atom. The molecule has 3 aliphatic rings. The van der Waals surface area contributed by atoms with Gasteiger partial charge in [0.15, 0.2) is 0 Å². The SMILES string of the molecule is O=[N+]([O-])c1ccc(Cl)cc1N/N=C1\C[NH+]2CCC1CC2. The summed E-state index contributed by atoms with van der Waals surface area (Å²) in [6.07, 6.45) is 2.32. The summed E-state index contributed by atoms with van der Waals surface area (Å²) in [5.74, 6) is 0.526. The van der Waals surface area contributed by atoms with Gasteiger partial charge >= 0.3 is 0 Å². The van der Waals surface area contributed by atoms with Gasteiger partial charge in [-0.05, 0) is 12.1 Å². The predicted octanol–water partition coefficient (Wildman–Crippen LogP) is 1.32. The number of nitrogens with zero attached hydrogens (tertiary/aromatic N) is 2. The van der Waals surface area contributed by atoms with Gasteiger partial charge in [0.2, 0.25) is 0 Å². The van der Waals surface area contributed by atoms with Gasteiger partial charge in [0.1, 0.15) is 12.2 Å². The smallest absolute Gasteiger partial charge is 0.294 e. The monoisotopic (exact) mass is 295 g/mol. The normalized spacial score (nSPS) is 26.8. The van der Waals surface area contributed by atoms with Crippen LogP contribution in [0.5, 0.6) is 0 Å². The number of hydrazone groups is 1. The number of halogens is 1. The minimum absolute atomic E-state index is 0.00706. The molecule has 0 unspecified atom stereocenters. The van der Waals surface area contributed by atoms with Crippen molar-refractivity contribution < 1.29 is 9.82 Å². The number of benzene rings is 1. The van der Waals surface area contributed by atoms with Crippen molar-refractivity contribution in [2.75, 3.05) is 25.1 Å². The van der Waals surface area contributed by atoms with E-state index in [1.54, 1.807) is 4.90 Å². The molecule has 1 aromatic rings. The van der Waals surface area contributed by atoms with Crippen LogP contribution in [0.3, 0.4) is 0 Å². The van der Waals surface area contributed by atoms with E-state index in [0.29, 0.717) is 16.6 Å². The molecule has 106 valence electrons. The lowest BCUT2D eigenvalue weighted by atomic mass is 9.87. The highest BCUT2D eigenvalue weighted by atomic mass is 35.5. The van der Waals surface area contributed by atoms with Crippen molar-refractivity contribution >= 4 is 28.7 Å². The molecule has 7 heteroatoms. The molecule has 6 nitrogen and oxygen atoms in total. The van der Waals surface area contributed by atoms with Crippen molar-refractivity contribution in [3.05, 3.63) is 33.3 Å². The summed E-state index contributed by atoms with van der Waals surface area (Å²) in [5.41, 5.74) is 4.30. The number of nitro groups is 1. The van der Waals surface area contributed by atoms with Gasteiger partial charge in [0.25, 0.3) is 5.69 Å². The number of nitro benzene ring substituents is 1. The zero-order chi connectivity index (χ0) is 14.1. The summed E-state index contributed by atoms with van der Waals surface area (Å²) in [4.78, 5) is 12.1. The van der Waals surface area contributed by atoms with E-state index in [1.165, 1.54) is 31.3 Å². The third-order valence-electron chi connectivity index (χ3n) is 4.07. The molecule has 3 fully saturated rings. The molecule has 3 aliphatic heterocycles. The second-order valence-corrected chi connectivity index (χ2v) is 5.77. The number of fused-ring (bicyclic) bond motifs is 3. The zero-order valence-electron chi connectivity index (χ0n) is 10.9. The third-order valence-corrected chi connectivity index (χ3v) is 4.31. The van der Waals surface area contributed by atoms with Crippen LogP contribution in [-0.2, 0) is 0 Å². The first kappa shape index (κ1) is 13.3. The fourth-order valence-corrected chi connectivity index (χ4v) is 3.13. The van der Waals surface area contributed by atoms with E-state index in [4.69, 9.17) is 11.6 Å². The highest BCUT2D eigenvalue weighted by Crippen LogP contribution is 2.28.